The minimum Gasteiger partial charge on any atom is -0.481 e. The van der Waals surface area contributed by atoms with Gasteiger partial charge in [-0.3, -0.25) is 4.79 Å². The van der Waals surface area contributed by atoms with Crippen LogP contribution in [0.25, 0.3) is 0 Å². The fourth-order valence-electron chi connectivity index (χ4n) is 3.11. The van der Waals surface area contributed by atoms with E-state index in [2.05, 4.69) is 29.2 Å². The molecule has 4 heteroatoms. The van der Waals surface area contributed by atoms with Crippen molar-refractivity contribution >= 4 is 17.3 Å². The average Bonchev–Trinajstić information content (AvgIpc) is 2.89. The molecule has 2 aliphatic carbocycles. The van der Waals surface area contributed by atoms with Crippen molar-refractivity contribution in [2.75, 3.05) is 0 Å². The molecule has 0 amide bonds. The number of aryl methyl sites for hydroxylation is 1. The topological polar surface area (TPSA) is 50.2 Å². The molecule has 2 aromatic rings. The fraction of sp³-hybridized carbons (Fsp3) is 0.333. The molecule has 2 unspecified atom stereocenters. The van der Waals surface area contributed by atoms with Crippen molar-refractivity contribution in [3.63, 3.8) is 0 Å². The van der Waals surface area contributed by atoms with Gasteiger partial charge in [0.1, 0.15) is 10.9 Å². The molecule has 3 nitrogen and oxygen atoms in total. The number of carboxylic acids is 1. The minimum atomic E-state index is -0.732. The Hall–Kier alpha value is -1.68. The molecule has 19 heavy (non-hydrogen) atoms. The average molecular weight is 271 g/mol. The molecule has 1 aromatic carbocycles. The lowest BCUT2D eigenvalue weighted by Gasteiger charge is -2.28. The molecule has 2 aliphatic rings. The largest absolute Gasteiger partial charge is 0.481 e. The summed E-state index contributed by atoms with van der Waals surface area (Å²) in [6, 6.07) is 8.45. The molecule has 0 aliphatic heterocycles. The summed E-state index contributed by atoms with van der Waals surface area (Å²) in [6.45, 7) is 0. The second kappa shape index (κ2) is 3.90. The van der Waals surface area contributed by atoms with Gasteiger partial charge < -0.3 is 5.11 Å². The summed E-state index contributed by atoms with van der Waals surface area (Å²) < 4.78 is 0. The fourth-order valence-corrected chi connectivity index (χ4v) is 4.38. The van der Waals surface area contributed by atoms with E-state index in [4.69, 9.17) is 0 Å². The van der Waals surface area contributed by atoms with Crippen molar-refractivity contribution < 1.29 is 9.90 Å². The standard InChI is InChI=1S/C15H13NO2S/c17-15(18)10-5-6-12-13(10)16-14(19-12)11-7-8-3-1-2-4-9(8)11/h1-4,10-11H,5-7H2,(H,17,18). The van der Waals surface area contributed by atoms with Gasteiger partial charge in [-0.2, -0.15) is 0 Å². The lowest BCUT2D eigenvalue weighted by Crippen LogP contribution is -2.18. The third kappa shape index (κ3) is 1.56. The number of benzene rings is 1. The van der Waals surface area contributed by atoms with E-state index in [-0.39, 0.29) is 5.92 Å². The first-order valence-electron chi connectivity index (χ1n) is 6.54. The number of hydrogen-bond acceptors (Lipinski definition) is 3. The summed E-state index contributed by atoms with van der Waals surface area (Å²) in [5, 5.41) is 10.3. The summed E-state index contributed by atoms with van der Waals surface area (Å²) in [5.41, 5.74) is 3.59. The predicted molar refractivity (Wildman–Crippen MR) is 72.8 cm³/mol. The van der Waals surface area contributed by atoms with Crippen molar-refractivity contribution in [1.29, 1.82) is 0 Å². The number of fused-ring (bicyclic) bond motifs is 2. The Morgan fingerprint density at radius 2 is 2.21 bits per heavy atom. The number of rotatable bonds is 2. The number of carboxylic acid groups (broad SMARTS) is 1. The molecule has 0 bridgehead atoms. The molecule has 96 valence electrons. The van der Waals surface area contributed by atoms with Gasteiger partial charge in [0.25, 0.3) is 0 Å². The van der Waals surface area contributed by atoms with Gasteiger partial charge in [-0.05, 0) is 30.4 Å². The lowest BCUT2D eigenvalue weighted by atomic mass is 9.78. The highest BCUT2D eigenvalue weighted by Crippen LogP contribution is 2.45. The van der Waals surface area contributed by atoms with Gasteiger partial charge in [0.2, 0.25) is 0 Å². The Balaban J connectivity index is 1.69. The predicted octanol–water partition coefficient (Wildman–Crippen LogP) is 2.95. The molecule has 2 atom stereocenters. The highest BCUT2D eigenvalue weighted by atomic mass is 32.1. The van der Waals surface area contributed by atoms with Crippen molar-refractivity contribution in [2.45, 2.75) is 31.1 Å². The Morgan fingerprint density at radius 1 is 1.37 bits per heavy atom. The van der Waals surface area contributed by atoms with E-state index < -0.39 is 5.97 Å². The van der Waals surface area contributed by atoms with Gasteiger partial charge >= 0.3 is 5.97 Å². The number of carbonyl (C=O) groups is 1. The van der Waals surface area contributed by atoms with Crippen LogP contribution in [0.3, 0.4) is 0 Å². The van der Waals surface area contributed by atoms with Gasteiger partial charge in [-0.15, -0.1) is 11.3 Å². The van der Waals surface area contributed by atoms with Crippen molar-refractivity contribution in [3.05, 3.63) is 51.0 Å². The number of nitrogens with zero attached hydrogens (tertiary/aromatic N) is 1. The number of aromatic nitrogens is 1. The van der Waals surface area contributed by atoms with E-state index in [1.807, 2.05) is 0 Å². The lowest BCUT2D eigenvalue weighted by molar-refractivity contribution is -0.138. The molecular formula is C15H13NO2S. The minimum absolute atomic E-state index is 0.379. The zero-order chi connectivity index (χ0) is 13.0. The van der Waals surface area contributed by atoms with Crippen LogP contribution >= 0.6 is 11.3 Å². The van der Waals surface area contributed by atoms with Crippen LogP contribution in [-0.2, 0) is 17.6 Å². The molecule has 1 heterocycles. The molecule has 0 saturated carbocycles. The first-order valence-corrected chi connectivity index (χ1v) is 7.36. The summed E-state index contributed by atoms with van der Waals surface area (Å²) in [4.78, 5) is 17.0. The monoisotopic (exact) mass is 271 g/mol. The first-order chi connectivity index (χ1) is 9.24. The maximum absolute atomic E-state index is 11.2. The van der Waals surface area contributed by atoms with Crippen LogP contribution in [-0.4, -0.2) is 16.1 Å². The third-order valence-corrected chi connectivity index (χ3v) is 5.43. The Morgan fingerprint density at radius 3 is 3.00 bits per heavy atom. The quantitative estimate of drug-likeness (QED) is 0.913. The summed E-state index contributed by atoms with van der Waals surface area (Å²) in [5.74, 6) is -0.721. The van der Waals surface area contributed by atoms with E-state index in [1.54, 1.807) is 11.3 Å². The molecule has 4 rings (SSSR count). The first kappa shape index (κ1) is 11.2. The molecule has 0 fully saturated rings. The molecule has 0 spiro atoms. The van der Waals surface area contributed by atoms with Crippen LogP contribution in [0.1, 0.15) is 45.0 Å². The van der Waals surface area contributed by atoms with Crippen LogP contribution in [0.4, 0.5) is 0 Å². The Kier molecular flexibility index (Phi) is 2.30. The molecule has 1 aromatic heterocycles. The SMILES string of the molecule is O=C(O)C1CCc2sc(C3Cc4ccccc43)nc21. The Labute approximate surface area is 114 Å². The number of hydrogen-bond donors (Lipinski definition) is 1. The number of aliphatic carboxylic acids is 1. The van der Waals surface area contributed by atoms with Gasteiger partial charge in [-0.1, -0.05) is 24.3 Å². The summed E-state index contributed by atoms with van der Waals surface area (Å²) in [6.07, 6.45) is 2.63. The van der Waals surface area contributed by atoms with Crippen molar-refractivity contribution in [1.82, 2.24) is 4.98 Å². The Bertz CT molecular complexity index is 677. The smallest absolute Gasteiger partial charge is 0.312 e. The summed E-state index contributed by atoms with van der Waals surface area (Å²) >= 11 is 1.72. The maximum atomic E-state index is 11.2. The zero-order valence-electron chi connectivity index (χ0n) is 10.3. The number of thiazole rings is 1. The maximum Gasteiger partial charge on any atom is 0.312 e. The van der Waals surface area contributed by atoms with Gasteiger partial charge in [0, 0.05) is 10.8 Å². The molecular weight excluding hydrogens is 258 g/mol. The zero-order valence-corrected chi connectivity index (χ0v) is 11.1. The van der Waals surface area contributed by atoms with Crippen molar-refractivity contribution in [3.8, 4) is 0 Å². The second-order valence-electron chi connectivity index (χ2n) is 5.25. The van der Waals surface area contributed by atoms with Gasteiger partial charge in [0.15, 0.2) is 0 Å². The second-order valence-corrected chi connectivity index (χ2v) is 6.36. The van der Waals surface area contributed by atoms with E-state index >= 15 is 0 Å². The van der Waals surface area contributed by atoms with Gasteiger partial charge in [0.05, 0.1) is 5.69 Å². The van der Waals surface area contributed by atoms with E-state index in [1.165, 1.54) is 16.0 Å². The van der Waals surface area contributed by atoms with Gasteiger partial charge in [-0.25, -0.2) is 4.98 Å². The van der Waals surface area contributed by atoms with E-state index in [0.29, 0.717) is 12.3 Å². The highest BCUT2D eigenvalue weighted by molar-refractivity contribution is 7.12. The molecule has 1 N–H and O–H groups in total. The van der Waals surface area contributed by atoms with Crippen LogP contribution in [0.2, 0.25) is 0 Å². The normalized spacial score (nSPS) is 23.6. The third-order valence-electron chi connectivity index (χ3n) is 4.18. The van der Waals surface area contributed by atoms with Crippen LogP contribution in [0, 0.1) is 0 Å². The summed E-state index contributed by atoms with van der Waals surface area (Å²) in [7, 11) is 0. The van der Waals surface area contributed by atoms with E-state index in [9.17, 15) is 9.90 Å². The molecule has 0 radical (unpaired) electrons. The van der Waals surface area contributed by atoms with E-state index in [0.717, 1.165) is 23.5 Å². The highest BCUT2D eigenvalue weighted by Gasteiger charge is 2.36. The van der Waals surface area contributed by atoms with Crippen LogP contribution in [0.15, 0.2) is 24.3 Å². The molecule has 0 saturated heterocycles. The van der Waals surface area contributed by atoms with Crippen molar-refractivity contribution in [2.24, 2.45) is 0 Å². The van der Waals surface area contributed by atoms with Crippen LogP contribution < -0.4 is 0 Å². The van der Waals surface area contributed by atoms with Crippen LogP contribution in [0.5, 0.6) is 0 Å².